The molecule has 0 aliphatic rings. The van der Waals surface area contributed by atoms with Crippen LogP contribution in [-0.4, -0.2) is 52.2 Å². The highest BCUT2D eigenvalue weighted by Gasteiger charge is 2.31. The van der Waals surface area contributed by atoms with Gasteiger partial charge in [-0.15, -0.1) is 0 Å². The molecule has 20 heavy (non-hydrogen) atoms. The summed E-state index contributed by atoms with van der Waals surface area (Å²) in [5, 5.41) is 7.00. The molecule has 0 saturated carbocycles. The zero-order valence-corrected chi connectivity index (χ0v) is 11.4. The predicted octanol–water partition coefficient (Wildman–Crippen LogP) is 2.88. The minimum Gasteiger partial charge on any atom is -0.504 e. The van der Waals surface area contributed by atoms with E-state index in [-0.39, 0.29) is 6.08 Å². The van der Waals surface area contributed by atoms with Crippen LogP contribution in [0.2, 0.25) is 0 Å². The topological polar surface area (TPSA) is 47.9 Å². The number of allylic oxidation sites excluding steroid dienone is 1. The van der Waals surface area contributed by atoms with E-state index in [1.807, 2.05) is 0 Å². The summed E-state index contributed by atoms with van der Waals surface area (Å²) in [4.78, 5) is 0. The maximum Gasteiger partial charge on any atom is 0.412 e. The largest absolute Gasteiger partial charge is 0.504 e. The molecule has 0 spiro atoms. The fraction of sp³-hybridized carbons (Fsp3) is 0.800. The van der Waals surface area contributed by atoms with E-state index >= 15 is 0 Å². The van der Waals surface area contributed by atoms with Crippen LogP contribution in [-0.2, 0) is 14.2 Å². The summed E-state index contributed by atoms with van der Waals surface area (Å²) in [5.41, 5.74) is 0. The maximum atomic E-state index is 11.5. The number of ether oxygens (including phenoxy) is 3. The van der Waals surface area contributed by atoms with Crippen molar-refractivity contribution in [2.75, 3.05) is 28.4 Å². The third kappa shape index (κ3) is 25.8. The standard InChI is InChI=1S/C5H9F3O2.C4H5F3O.CH4O/c1-9-4(10-2)3-5(6,7)8;1-8-3-2-4(5,6)7;1-2/h4H,3H2,1-2H3;2-3H,1H3;2H,1H3/b;3-2+;. The monoisotopic (exact) mass is 316 g/mol. The minimum absolute atomic E-state index is 0.0208. The van der Waals surface area contributed by atoms with E-state index in [2.05, 4.69) is 14.2 Å². The lowest BCUT2D eigenvalue weighted by atomic mass is 10.4. The van der Waals surface area contributed by atoms with E-state index in [9.17, 15) is 26.3 Å². The van der Waals surface area contributed by atoms with Crippen LogP contribution in [0.15, 0.2) is 12.3 Å². The lowest BCUT2D eigenvalue weighted by molar-refractivity contribution is -0.205. The van der Waals surface area contributed by atoms with Gasteiger partial charge in [0.25, 0.3) is 0 Å². The highest BCUT2D eigenvalue weighted by Crippen LogP contribution is 2.22. The highest BCUT2D eigenvalue weighted by atomic mass is 19.4. The molecule has 0 fully saturated rings. The quantitative estimate of drug-likeness (QED) is 0.492. The van der Waals surface area contributed by atoms with Gasteiger partial charge in [0.1, 0.15) is 0 Å². The van der Waals surface area contributed by atoms with Crippen molar-refractivity contribution in [3.8, 4) is 0 Å². The number of hydrogen-bond acceptors (Lipinski definition) is 4. The number of aliphatic hydroxyl groups excluding tert-OH is 1. The Kier molecular flexibility index (Phi) is 15.6. The fourth-order valence-electron chi connectivity index (χ4n) is 0.597. The molecule has 0 aliphatic carbocycles. The van der Waals surface area contributed by atoms with Crippen LogP contribution < -0.4 is 0 Å². The van der Waals surface area contributed by atoms with E-state index in [1.54, 1.807) is 0 Å². The summed E-state index contributed by atoms with van der Waals surface area (Å²) in [7, 11) is 4.49. The minimum atomic E-state index is -4.25. The molecule has 0 amide bonds. The van der Waals surface area contributed by atoms with Crippen LogP contribution in [0.4, 0.5) is 26.3 Å². The van der Waals surface area contributed by atoms with Crippen molar-refractivity contribution in [2.24, 2.45) is 0 Å². The molecule has 0 aromatic rings. The van der Waals surface area contributed by atoms with Crippen molar-refractivity contribution in [3.05, 3.63) is 12.3 Å². The lowest BCUT2D eigenvalue weighted by Gasteiger charge is -2.14. The van der Waals surface area contributed by atoms with Gasteiger partial charge < -0.3 is 19.3 Å². The average molecular weight is 316 g/mol. The molecule has 0 radical (unpaired) electrons. The summed E-state index contributed by atoms with van der Waals surface area (Å²) >= 11 is 0. The Morgan fingerprint density at radius 3 is 1.45 bits per heavy atom. The van der Waals surface area contributed by atoms with Gasteiger partial charge in [-0.3, -0.25) is 0 Å². The van der Waals surface area contributed by atoms with Crippen molar-refractivity contribution in [1.82, 2.24) is 0 Å². The molecule has 10 heteroatoms. The summed E-state index contributed by atoms with van der Waals surface area (Å²) in [5.74, 6) is 0. The van der Waals surface area contributed by atoms with Gasteiger partial charge >= 0.3 is 12.4 Å². The van der Waals surface area contributed by atoms with Gasteiger partial charge in [-0.2, -0.15) is 26.3 Å². The van der Waals surface area contributed by atoms with Crippen LogP contribution >= 0.6 is 0 Å². The Balaban J connectivity index is -0.000000262. The first kappa shape index (κ1) is 24.0. The molecule has 0 aliphatic heterocycles. The third-order valence-corrected chi connectivity index (χ3v) is 1.32. The first-order valence-corrected chi connectivity index (χ1v) is 4.90. The second kappa shape index (κ2) is 13.0. The first-order valence-electron chi connectivity index (χ1n) is 4.90. The van der Waals surface area contributed by atoms with Crippen LogP contribution in [0.1, 0.15) is 6.42 Å². The average Bonchev–Trinajstić information content (AvgIpc) is 2.34. The summed E-state index contributed by atoms with van der Waals surface area (Å²) in [6, 6.07) is 0. The van der Waals surface area contributed by atoms with E-state index in [1.165, 1.54) is 14.2 Å². The van der Waals surface area contributed by atoms with Crippen LogP contribution in [0.5, 0.6) is 0 Å². The molecule has 124 valence electrons. The van der Waals surface area contributed by atoms with E-state index in [0.29, 0.717) is 6.26 Å². The number of halogens is 6. The second-order valence-electron chi connectivity index (χ2n) is 2.80. The van der Waals surface area contributed by atoms with Crippen LogP contribution in [0, 0.1) is 0 Å². The molecule has 0 bridgehead atoms. The molecular weight excluding hydrogens is 298 g/mol. The Labute approximate surface area is 112 Å². The molecule has 0 saturated heterocycles. The van der Waals surface area contributed by atoms with E-state index < -0.39 is 25.1 Å². The predicted molar refractivity (Wildman–Crippen MR) is 58.8 cm³/mol. The van der Waals surface area contributed by atoms with Gasteiger partial charge in [0.15, 0.2) is 6.29 Å². The van der Waals surface area contributed by atoms with Gasteiger partial charge in [-0.1, -0.05) is 0 Å². The molecule has 0 heterocycles. The molecular formula is C10H18F6O4. The van der Waals surface area contributed by atoms with Crippen molar-refractivity contribution in [3.63, 3.8) is 0 Å². The fourth-order valence-corrected chi connectivity index (χ4v) is 0.597. The van der Waals surface area contributed by atoms with Gasteiger partial charge in [0.2, 0.25) is 0 Å². The number of hydrogen-bond donors (Lipinski definition) is 1. The zero-order chi connectivity index (χ0) is 16.8. The van der Waals surface area contributed by atoms with Crippen LogP contribution in [0.3, 0.4) is 0 Å². The molecule has 0 rings (SSSR count). The lowest BCUT2D eigenvalue weighted by Crippen LogP contribution is -2.22. The molecule has 1 N–H and O–H groups in total. The molecule has 4 nitrogen and oxygen atoms in total. The van der Waals surface area contributed by atoms with Crippen LogP contribution in [0.25, 0.3) is 0 Å². The number of alkyl halides is 6. The van der Waals surface area contributed by atoms with Crippen molar-refractivity contribution in [1.29, 1.82) is 0 Å². The Morgan fingerprint density at radius 1 is 0.950 bits per heavy atom. The first-order chi connectivity index (χ1) is 9.05. The summed E-state index contributed by atoms with van der Waals surface area (Å²) < 4.78 is 80.5. The van der Waals surface area contributed by atoms with Crippen molar-refractivity contribution >= 4 is 0 Å². The maximum absolute atomic E-state index is 11.5. The van der Waals surface area contributed by atoms with E-state index in [4.69, 9.17) is 5.11 Å². The molecule has 0 aromatic heterocycles. The number of methoxy groups -OCH3 is 3. The number of aliphatic hydroxyl groups is 1. The third-order valence-electron chi connectivity index (χ3n) is 1.32. The molecule has 0 unspecified atom stereocenters. The van der Waals surface area contributed by atoms with E-state index in [0.717, 1.165) is 14.2 Å². The highest BCUT2D eigenvalue weighted by molar-refractivity contribution is 4.81. The van der Waals surface area contributed by atoms with Crippen molar-refractivity contribution in [2.45, 2.75) is 25.1 Å². The molecule has 0 atom stereocenters. The van der Waals surface area contributed by atoms with Gasteiger partial charge in [-0.25, -0.2) is 0 Å². The zero-order valence-electron chi connectivity index (χ0n) is 11.4. The Bertz CT molecular complexity index is 223. The summed E-state index contributed by atoms with van der Waals surface area (Å²) in [6.07, 6.45) is -10.1. The van der Waals surface area contributed by atoms with Gasteiger partial charge in [0, 0.05) is 21.3 Å². The Hall–Kier alpha value is -1.00. The normalized spacial score (nSPS) is 11.6. The second-order valence-corrected chi connectivity index (χ2v) is 2.80. The molecule has 0 aromatic carbocycles. The van der Waals surface area contributed by atoms with Crippen molar-refractivity contribution < 1.29 is 45.7 Å². The van der Waals surface area contributed by atoms with Gasteiger partial charge in [0.05, 0.1) is 25.9 Å². The number of rotatable bonds is 4. The SMILES string of the molecule is CO.CO/C=C/C(F)(F)F.COC(CC(F)(F)F)OC. The Morgan fingerprint density at radius 2 is 1.35 bits per heavy atom. The smallest absolute Gasteiger partial charge is 0.412 e. The van der Waals surface area contributed by atoms with Gasteiger partial charge in [-0.05, 0) is 0 Å². The summed E-state index contributed by atoms with van der Waals surface area (Å²) in [6.45, 7) is 0.